The first kappa shape index (κ1) is 17.7. The number of amides is 3. The van der Waals surface area contributed by atoms with Gasteiger partial charge in [0.25, 0.3) is 0 Å². The molecule has 1 aromatic rings. The molecule has 0 unspecified atom stereocenters. The van der Waals surface area contributed by atoms with Crippen molar-refractivity contribution in [2.45, 2.75) is 19.3 Å². The highest BCUT2D eigenvalue weighted by molar-refractivity contribution is 6.34. The van der Waals surface area contributed by atoms with Gasteiger partial charge in [-0.25, -0.2) is 0 Å². The number of carbonyl (C=O) groups excluding carboxylic acids is 3. The van der Waals surface area contributed by atoms with Crippen LogP contribution in [0.1, 0.15) is 19.3 Å². The normalized spacial score (nSPS) is 18.0. The van der Waals surface area contributed by atoms with Crippen LogP contribution in [-0.4, -0.2) is 55.5 Å². The Bertz CT molecular complexity index is 672. The second-order valence-corrected chi connectivity index (χ2v) is 6.38. The number of nitrogens with one attached hydrogen (secondary N) is 1. The van der Waals surface area contributed by atoms with E-state index in [2.05, 4.69) is 10.2 Å². The van der Waals surface area contributed by atoms with Crippen LogP contribution in [0, 0.1) is 0 Å². The Morgan fingerprint density at radius 2 is 1.84 bits per heavy atom. The molecule has 25 heavy (non-hydrogen) atoms. The number of benzene rings is 1. The van der Waals surface area contributed by atoms with Crippen molar-refractivity contribution < 1.29 is 19.1 Å². The van der Waals surface area contributed by atoms with Gasteiger partial charge in [0.2, 0.25) is 17.7 Å². The Labute approximate surface area is 150 Å². The molecule has 0 bridgehead atoms. The topological polar surface area (TPSA) is 79.0 Å². The van der Waals surface area contributed by atoms with Gasteiger partial charge in [-0.2, -0.15) is 0 Å². The van der Waals surface area contributed by atoms with Gasteiger partial charge in [-0.3, -0.25) is 19.3 Å². The smallest absolute Gasteiger partial charge is 0.229 e. The zero-order valence-electron chi connectivity index (χ0n) is 13.8. The van der Waals surface area contributed by atoms with Gasteiger partial charge in [-0.05, 0) is 12.1 Å². The number of hydrogen-bond donors (Lipinski definition) is 1. The second kappa shape index (κ2) is 7.84. The minimum absolute atomic E-state index is 0.0620. The van der Waals surface area contributed by atoms with Crippen molar-refractivity contribution in [3.8, 4) is 0 Å². The molecular formula is C17H20ClN3O4. The molecular weight excluding hydrogens is 346 g/mol. The van der Waals surface area contributed by atoms with Gasteiger partial charge in [0.05, 0.1) is 29.6 Å². The van der Waals surface area contributed by atoms with Crippen LogP contribution >= 0.6 is 11.6 Å². The van der Waals surface area contributed by atoms with Crippen LogP contribution in [0.4, 0.5) is 11.4 Å². The number of morpholine rings is 1. The van der Waals surface area contributed by atoms with E-state index >= 15 is 0 Å². The molecule has 2 heterocycles. The van der Waals surface area contributed by atoms with Crippen LogP contribution in [-0.2, 0) is 19.1 Å². The summed E-state index contributed by atoms with van der Waals surface area (Å²) >= 11 is 6.33. The number of halogens is 1. The molecule has 0 radical (unpaired) electrons. The Morgan fingerprint density at radius 1 is 1.16 bits per heavy atom. The van der Waals surface area contributed by atoms with Crippen molar-refractivity contribution in [2.75, 3.05) is 43.1 Å². The lowest BCUT2D eigenvalue weighted by molar-refractivity contribution is -0.138. The number of rotatable bonds is 5. The minimum atomic E-state index is -0.260. The maximum Gasteiger partial charge on any atom is 0.229 e. The summed E-state index contributed by atoms with van der Waals surface area (Å²) in [6.45, 7) is 2.72. The highest BCUT2D eigenvalue weighted by Gasteiger charge is 2.29. The van der Waals surface area contributed by atoms with Crippen molar-refractivity contribution in [1.82, 2.24) is 4.90 Å². The third-order valence-electron chi connectivity index (χ3n) is 4.31. The number of imide groups is 1. The van der Waals surface area contributed by atoms with Gasteiger partial charge in [0, 0.05) is 38.9 Å². The van der Waals surface area contributed by atoms with Gasteiger partial charge in [-0.1, -0.05) is 17.7 Å². The van der Waals surface area contributed by atoms with Gasteiger partial charge < -0.3 is 15.0 Å². The van der Waals surface area contributed by atoms with Crippen molar-refractivity contribution in [1.29, 1.82) is 0 Å². The fourth-order valence-electron chi connectivity index (χ4n) is 3.02. The first-order chi connectivity index (χ1) is 12.1. The monoisotopic (exact) mass is 365 g/mol. The molecule has 8 heteroatoms. The fourth-order valence-corrected chi connectivity index (χ4v) is 3.32. The number of ether oxygens (including phenoxy) is 1. The highest BCUT2D eigenvalue weighted by atomic mass is 35.5. The molecule has 2 aliphatic heterocycles. The average Bonchev–Trinajstić information content (AvgIpc) is 2.92. The van der Waals surface area contributed by atoms with Crippen molar-refractivity contribution >= 4 is 40.7 Å². The van der Waals surface area contributed by atoms with Gasteiger partial charge in [-0.15, -0.1) is 0 Å². The number of nitrogens with zero attached hydrogens (tertiary/aromatic N) is 2. The lowest BCUT2D eigenvalue weighted by Gasteiger charge is -2.31. The van der Waals surface area contributed by atoms with E-state index < -0.39 is 0 Å². The van der Waals surface area contributed by atoms with Crippen LogP contribution in [0.2, 0.25) is 5.02 Å². The minimum Gasteiger partial charge on any atom is -0.378 e. The molecule has 1 aromatic carbocycles. The summed E-state index contributed by atoms with van der Waals surface area (Å²) in [7, 11) is 0. The summed E-state index contributed by atoms with van der Waals surface area (Å²) in [6.07, 6.45) is 0.526. The third kappa shape index (κ3) is 4.11. The summed E-state index contributed by atoms with van der Waals surface area (Å²) in [6, 6.07) is 5.35. The molecule has 2 aliphatic rings. The molecule has 3 rings (SSSR count). The van der Waals surface area contributed by atoms with E-state index in [1.165, 1.54) is 0 Å². The summed E-state index contributed by atoms with van der Waals surface area (Å²) in [4.78, 5) is 38.7. The molecule has 0 saturated carbocycles. The largest absolute Gasteiger partial charge is 0.378 e. The predicted molar refractivity (Wildman–Crippen MR) is 93.7 cm³/mol. The molecule has 0 atom stereocenters. The molecule has 0 aliphatic carbocycles. The molecule has 1 N–H and O–H groups in total. The summed E-state index contributed by atoms with van der Waals surface area (Å²) in [5.74, 6) is -0.687. The fraction of sp³-hybridized carbons (Fsp3) is 0.471. The Hall–Kier alpha value is -2.12. The van der Waals surface area contributed by atoms with E-state index in [1.807, 2.05) is 0 Å². The molecule has 3 amide bonds. The highest BCUT2D eigenvalue weighted by Crippen LogP contribution is 2.34. The molecule has 7 nitrogen and oxygen atoms in total. The van der Waals surface area contributed by atoms with E-state index in [0.29, 0.717) is 37.0 Å². The standard InChI is InChI=1S/C17H20ClN3O4/c18-12-2-1-3-13(17(12)20-8-10-25-11-9-20)19-14(22)6-7-21-15(23)4-5-16(21)24/h1-3H,4-11H2,(H,19,22). The van der Waals surface area contributed by atoms with E-state index in [1.54, 1.807) is 18.2 Å². The first-order valence-electron chi connectivity index (χ1n) is 8.30. The average molecular weight is 366 g/mol. The van der Waals surface area contributed by atoms with Crippen molar-refractivity contribution in [3.05, 3.63) is 23.2 Å². The first-order valence-corrected chi connectivity index (χ1v) is 8.68. The molecule has 2 fully saturated rings. The van der Waals surface area contributed by atoms with Crippen molar-refractivity contribution in [3.63, 3.8) is 0 Å². The Kier molecular flexibility index (Phi) is 5.55. The lowest BCUT2D eigenvalue weighted by Crippen LogP contribution is -2.37. The van der Waals surface area contributed by atoms with Crippen LogP contribution in [0.25, 0.3) is 0 Å². The van der Waals surface area contributed by atoms with E-state index in [9.17, 15) is 14.4 Å². The zero-order chi connectivity index (χ0) is 17.8. The van der Waals surface area contributed by atoms with E-state index in [0.717, 1.165) is 10.6 Å². The Balaban J connectivity index is 1.65. The van der Waals surface area contributed by atoms with Crippen LogP contribution in [0.5, 0.6) is 0 Å². The summed E-state index contributed by atoms with van der Waals surface area (Å²) in [5, 5.41) is 3.41. The number of anilines is 2. The van der Waals surface area contributed by atoms with Gasteiger partial charge in [0.15, 0.2) is 0 Å². The van der Waals surface area contributed by atoms with Crippen LogP contribution < -0.4 is 10.2 Å². The van der Waals surface area contributed by atoms with Gasteiger partial charge in [0.1, 0.15) is 0 Å². The zero-order valence-corrected chi connectivity index (χ0v) is 14.6. The molecule has 0 aromatic heterocycles. The van der Waals surface area contributed by atoms with E-state index in [4.69, 9.17) is 16.3 Å². The number of likely N-dealkylation sites (tertiary alicyclic amines) is 1. The summed E-state index contributed by atoms with van der Waals surface area (Å²) < 4.78 is 5.36. The predicted octanol–water partition coefficient (Wildman–Crippen LogP) is 1.65. The van der Waals surface area contributed by atoms with Gasteiger partial charge >= 0.3 is 0 Å². The quantitative estimate of drug-likeness (QED) is 0.803. The van der Waals surface area contributed by atoms with Crippen molar-refractivity contribution in [2.24, 2.45) is 0 Å². The van der Waals surface area contributed by atoms with Crippen LogP contribution in [0.3, 0.4) is 0 Å². The SMILES string of the molecule is O=C(CCN1C(=O)CCC1=O)Nc1cccc(Cl)c1N1CCOCC1. The molecule has 0 spiro atoms. The Morgan fingerprint density at radius 3 is 2.52 bits per heavy atom. The lowest BCUT2D eigenvalue weighted by atomic mass is 10.2. The van der Waals surface area contributed by atoms with Crippen LogP contribution in [0.15, 0.2) is 18.2 Å². The molecule has 134 valence electrons. The number of para-hydroxylation sites is 1. The number of hydrogen-bond acceptors (Lipinski definition) is 5. The second-order valence-electron chi connectivity index (χ2n) is 5.97. The third-order valence-corrected chi connectivity index (χ3v) is 4.61. The maximum absolute atomic E-state index is 12.3. The van der Waals surface area contributed by atoms with E-state index in [-0.39, 0.29) is 43.5 Å². The maximum atomic E-state index is 12.3. The number of carbonyl (C=O) groups is 3. The molecule has 2 saturated heterocycles. The summed E-state index contributed by atoms with van der Waals surface area (Å²) in [5.41, 5.74) is 1.40.